The highest BCUT2D eigenvalue weighted by Gasteiger charge is 2.21. The van der Waals surface area contributed by atoms with Gasteiger partial charge < -0.3 is 15.4 Å². The summed E-state index contributed by atoms with van der Waals surface area (Å²) in [7, 11) is 0. The summed E-state index contributed by atoms with van der Waals surface area (Å²) in [5.74, 6) is -1.51. The van der Waals surface area contributed by atoms with Crippen LogP contribution in [0.1, 0.15) is 5.56 Å². The quantitative estimate of drug-likeness (QED) is 0.861. The van der Waals surface area contributed by atoms with Crippen LogP contribution in [0.15, 0.2) is 48.5 Å². The van der Waals surface area contributed by atoms with Gasteiger partial charge >= 0.3 is 6.03 Å². The monoisotopic (exact) mass is 361 g/mol. The Balaban J connectivity index is 1.45. The molecule has 0 aromatic heterocycles. The van der Waals surface area contributed by atoms with E-state index in [0.29, 0.717) is 19.7 Å². The maximum Gasteiger partial charge on any atom is 0.319 e. The number of carbonyl (C=O) groups excluding carboxylic acids is 1. The van der Waals surface area contributed by atoms with E-state index < -0.39 is 17.7 Å². The molecule has 0 unspecified atom stereocenters. The van der Waals surface area contributed by atoms with Gasteiger partial charge in [-0.2, -0.15) is 0 Å². The topological polar surface area (TPSA) is 53.6 Å². The Kier molecular flexibility index (Phi) is 6.14. The number of carbonyl (C=O) groups is 1. The van der Waals surface area contributed by atoms with Gasteiger partial charge in [-0.15, -0.1) is 0 Å². The molecule has 0 saturated carbocycles. The average molecular weight is 361 g/mol. The van der Waals surface area contributed by atoms with Crippen molar-refractivity contribution in [2.75, 3.05) is 31.6 Å². The molecule has 2 aromatic rings. The number of halogens is 2. The van der Waals surface area contributed by atoms with E-state index in [-0.39, 0.29) is 11.8 Å². The molecule has 2 N–H and O–H groups in total. The van der Waals surface area contributed by atoms with Gasteiger partial charge in [0.2, 0.25) is 0 Å². The summed E-state index contributed by atoms with van der Waals surface area (Å²) in [5, 5.41) is 5.03. The van der Waals surface area contributed by atoms with Gasteiger partial charge in [0.25, 0.3) is 0 Å². The number of morpholine rings is 1. The second-order valence-electron chi connectivity index (χ2n) is 6.17. The van der Waals surface area contributed by atoms with Crippen molar-refractivity contribution >= 4 is 11.7 Å². The Morgan fingerprint density at radius 1 is 1.19 bits per heavy atom. The summed E-state index contributed by atoms with van der Waals surface area (Å²) in [6, 6.07) is 12.6. The van der Waals surface area contributed by atoms with Crippen LogP contribution in [0, 0.1) is 11.6 Å². The number of hydrogen-bond acceptors (Lipinski definition) is 3. The zero-order valence-corrected chi connectivity index (χ0v) is 14.3. The number of benzene rings is 2. The zero-order valence-electron chi connectivity index (χ0n) is 14.3. The minimum atomic E-state index is -0.817. The fraction of sp³-hybridized carbons (Fsp3) is 0.316. The van der Waals surface area contributed by atoms with Crippen LogP contribution in [0.3, 0.4) is 0 Å². The summed E-state index contributed by atoms with van der Waals surface area (Å²) in [4.78, 5) is 14.2. The van der Waals surface area contributed by atoms with E-state index in [4.69, 9.17) is 4.74 Å². The molecular weight excluding hydrogens is 340 g/mol. The van der Waals surface area contributed by atoms with Crippen LogP contribution in [0.25, 0.3) is 0 Å². The number of nitrogens with zero attached hydrogens (tertiary/aromatic N) is 1. The first-order valence-electron chi connectivity index (χ1n) is 8.48. The molecule has 0 spiro atoms. The SMILES string of the molecule is O=C(NC[C@@H]1CN(Cc2ccccc2)CCO1)Nc1ccc(F)cc1F. The van der Waals surface area contributed by atoms with Crippen LogP contribution in [-0.4, -0.2) is 43.3 Å². The fourth-order valence-corrected chi connectivity index (χ4v) is 2.85. The molecule has 1 saturated heterocycles. The summed E-state index contributed by atoms with van der Waals surface area (Å²) >= 11 is 0. The molecule has 5 nitrogen and oxygen atoms in total. The lowest BCUT2D eigenvalue weighted by molar-refractivity contribution is -0.0285. The smallest absolute Gasteiger partial charge is 0.319 e. The molecule has 2 aromatic carbocycles. The number of rotatable bonds is 5. The first kappa shape index (κ1) is 18.3. The molecule has 1 fully saturated rings. The minimum Gasteiger partial charge on any atom is -0.374 e. The third-order valence-electron chi connectivity index (χ3n) is 4.14. The van der Waals surface area contributed by atoms with Crippen LogP contribution >= 0.6 is 0 Å². The van der Waals surface area contributed by atoms with E-state index >= 15 is 0 Å². The first-order chi connectivity index (χ1) is 12.6. The van der Waals surface area contributed by atoms with Gasteiger partial charge in [-0.1, -0.05) is 30.3 Å². The van der Waals surface area contributed by atoms with E-state index in [1.165, 1.54) is 11.6 Å². The van der Waals surface area contributed by atoms with Crippen LogP contribution in [0.4, 0.5) is 19.3 Å². The molecule has 1 aliphatic heterocycles. The molecule has 1 heterocycles. The standard InChI is InChI=1S/C19H21F2N3O2/c20-15-6-7-18(17(21)10-15)23-19(25)22-11-16-13-24(8-9-26-16)12-14-4-2-1-3-5-14/h1-7,10,16H,8-9,11-13H2,(H2,22,23,25)/t16-/m1/s1. The zero-order chi connectivity index (χ0) is 18.4. The number of amides is 2. The Labute approximate surface area is 151 Å². The summed E-state index contributed by atoms with van der Waals surface area (Å²) in [6.45, 7) is 3.25. The fourth-order valence-electron chi connectivity index (χ4n) is 2.85. The van der Waals surface area contributed by atoms with Gasteiger partial charge in [0.1, 0.15) is 11.6 Å². The maximum absolute atomic E-state index is 13.6. The summed E-state index contributed by atoms with van der Waals surface area (Å²) < 4.78 is 32.1. The molecule has 1 atom stereocenters. The number of anilines is 1. The minimum absolute atomic E-state index is 0.0702. The highest BCUT2D eigenvalue weighted by Crippen LogP contribution is 2.15. The Hall–Kier alpha value is -2.51. The highest BCUT2D eigenvalue weighted by molar-refractivity contribution is 5.89. The lowest BCUT2D eigenvalue weighted by atomic mass is 10.2. The van der Waals surface area contributed by atoms with Crippen molar-refractivity contribution in [2.24, 2.45) is 0 Å². The molecule has 7 heteroatoms. The number of hydrogen-bond donors (Lipinski definition) is 2. The van der Waals surface area contributed by atoms with Gasteiger partial charge in [-0.3, -0.25) is 4.90 Å². The number of ether oxygens (including phenoxy) is 1. The van der Waals surface area contributed by atoms with Crippen LogP contribution in [-0.2, 0) is 11.3 Å². The van der Waals surface area contributed by atoms with E-state index in [0.717, 1.165) is 25.2 Å². The van der Waals surface area contributed by atoms with Gasteiger partial charge in [-0.05, 0) is 17.7 Å². The molecule has 3 rings (SSSR count). The van der Waals surface area contributed by atoms with Crippen molar-refractivity contribution in [1.82, 2.24) is 10.2 Å². The van der Waals surface area contributed by atoms with Crippen molar-refractivity contribution in [1.29, 1.82) is 0 Å². The van der Waals surface area contributed by atoms with E-state index in [1.54, 1.807) is 0 Å². The Morgan fingerprint density at radius 2 is 2.00 bits per heavy atom. The molecule has 2 amide bonds. The van der Waals surface area contributed by atoms with Gasteiger partial charge in [0, 0.05) is 32.2 Å². The molecule has 26 heavy (non-hydrogen) atoms. The second kappa shape index (κ2) is 8.73. The normalized spacial score (nSPS) is 17.7. The Bertz CT molecular complexity index is 743. The largest absolute Gasteiger partial charge is 0.374 e. The highest BCUT2D eigenvalue weighted by atomic mass is 19.1. The Morgan fingerprint density at radius 3 is 2.77 bits per heavy atom. The van der Waals surface area contributed by atoms with Crippen molar-refractivity contribution in [2.45, 2.75) is 12.6 Å². The van der Waals surface area contributed by atoms with Crippen molar-refractivity contribution in [3.8, 4) is 0 Å². The number of urea groups is 1. The van der Waals surface area contributed by atoms with Gasteiger partial charge in [0.15, 0.2) is 0 Å². The van der Waals surface area contributed by atoms with Crippen molar-refractivity contribution < 1.29 is 18.3 Å². The predicted molar refractivity (Wildman–Crippen MR) is 94.8 cm³/mol. The molecule has 0 radical (unpaired) electrons. The van der Waals surface area contributed by atoms with Gasteiger partial charge in [0.05, 0.1) is 18.4 Å². The van der Waals surface area contributed by atoms with Crippen LogP contribution in [0.2, 0.25) is 0 Å². The predicted octanol–water partition coefficient (Wildman–Crippen LogP) is 2.99. The van der Waals surface area contributed by atoms with Crippen molar-refractivity contribution in [3.05, 3.63) is 65.7 Å². The van der Waals surface area contributed by atoms with Crippen molar-refractivity contribution in [3.63, 3.8) is 0 Å². The first-order valence-corrected chi connectivity index (χ1v) is 8.48. The third-order valence-corrected chi connectivity index (χ3v) is 4.14. The maximum atomic E-state index is 13.6. The second-order valence-corrected chi connectivity index (χ2v) is 6.17. The van der Waals surface area contributed by atoms with E-state index in [2.05, 4.69) is 27.7 Å². The third kappa shape index (κ3) is 5.24. The molecule has 0 bridgehead atoms. The van der Waals surface area contributed by atoms with E-state index in [9.17, 15) is 13.6 Å². The lowest BCUT2D eigenvalue weighted by Gasteiger charge is -2.33. The molecule has 1 aliphatic rings. The van der Waals surface area contributed by atoms with E-state index in [1.807, 2.05) is 18.2 Å². The lowest BCUT2D eigenvalue weighted by Crippen LogP contribution is -2.47. The number of nitrogens with one attached hydrogen (secondary N) is 2. The van der Waals surface area contributed by atoms with Gasteiger partial charge in [-0.25, -0.2) is 13.6 Å². The summed E-state index contributed by atoms with van der Waals surface area (Å²) in [5.41, 5.74) is 1.16. The molecular formula is C19H21F2N3O2. The summed E-state index contributed by atoms with van der Waals surface area (Å²) in [6.07, 6.45) is -0.142. The average Bonchev–Trinajstić information content (AvgIpc) is 2.64. The van der Waals surface area contributed by atoms with Crippen LogP contribution < -0.4 is 10.6 Å². The molecule has 0 aliphatic carbocycles. The molecule has 138 valence electrons. The van der Waals surface area contributed by atoms with Crippen LogP contribution in [0.5, 0.6) is 0 Å².